The third-order valence-corrected chi connectivity index (χ3v) is 4.92. The number of aryl methyl sites for hydroxylation is 1. The van der Waals surface area contributed by atoms with Crippen LogP contribution in [-0.4, -0.2) is 40.1 Å². The van der Waals surface area contributed by atoms with Gasteiger partial charge in [-0.1, -0.05) is 0 Å². The maximum atomic E-state index is 12.3. The van der Waals surface area contributed by atoms with E-state index in [9.17, 15) is 9.90 Å². The molecule has 23 heavy (non-hydrogen) atoms. The van der Waals surface area contributed by atoms with Crippen molar-refractivity contribution in [1.82, 2.24) is 15.3 Å². The number of anilines is 1. The van der Waals surface area contributed by atoms with E-state index in [1.54, 1.807) is 24.4 Å². The molecule has 3 rings (SSSR count). The Labute approximate surface area is 143 Å². The van der Waals surface area contributed by atoms with E-state index in [1.807, 2.05) is 11.8 Å². The maximum absolute atomic E-state index is 12.3. The molecule has 1 saturated heterocycles. The van der Waals surface area contributed by atoms with Crippen molar-refractivity contribution in [1.29, 1.82) is 0 Å². The molecule has 6 nitrogen and oxygen atoms in total. The lowest BCUT2D eigenvalue weighted by molar-refractivity contribution is 0.0926. The normalized spacial score (nSPS) is 15.7. The van der Waals surface area contributed by atoms with E-state index >= 15 is 0 Å². The summed E-state index contributed by atoms with van der Waals surface area (Å²) in [5.41, 5.74) is 1.51. The molecule has 7 heteroatoms. The van der Waals surface area contributed by atoms with Gasteiger partial charge in [-0.25, -0.2) is 4.98 Å². The van der Waals surface area contributed by atoms with E-state index in [-0.39, 0.29) is 17.7 Å². The molecule has 1 aliphatic rings. The summed E-state index contributed by atoms with van der Waals surface area (Å²) in [6, 6.07) is 5.28. The van der Waals surface area contributed by atoms with Gasteiger partial charge in [-0.15, -0.1) is 0 Å². The topological polar surface area (TPSA) is 81.2 Å². The van der Waals surface area contributed by atoms with Crippen molar-refractivity contribution < 1.29 is 9.90 Å². The van der Waals surface area contributed by atoms with E-state index in [0.717, 1.165) is 36.1 Å². The van der Waals surface area contributed by atoms with Crippen LogP contribution in [0.4, 0.5) is 5.82 Å². The number of piperidine rings is 1. The number of carbonyl (C=O) groups is 1. The highest BCUT2D eigenvalue weighted by molar-refractivity contribution is 9.10. The Bertz CT molecular complexity index is 688. The number of halogens is 1. The third kappa shape index (κ3) is 3.50. The molecule has 122 valence electrons. The Balaban J connectivity index is 1.57. The standard InChI is InChI=1S/C16H19BrN4O2/c1-10-12(17)9-13(19-10)16(23)20-11-4-7-21(8-5-11)15-14(22)3-2-6-18-15/h2-3,6,9,11,19,22H,4-5,7-8H2,1H3,(H,20,23). The van der Waals surface area contributed by atoms with Gasteiger partial charge in [-0.2, -0.15) is 0 Å². The fourth-order valence-corrected chi connectivity index (χ4v) is 3.11. The SMILES string of the molecule is Cc1[nH]c(C(=O)NC2CCN(c3ncccc3O)CC2)cc1Br. The lowest BCUT2D eigenvalue weighted by atomic mass is 10.0. The second-order valence-electron chi connectivity index (χ2n) is 5.74. The van der Waals surface area contributed by atoms with Crippen LogP contribution in [0.1, 0.15) is 29.0 Å². The Morgan fingerprint density at radius 3 is 2.83 bits per heavy atom. The molecule has 2 aromatic rings. The highest BCUT2D eigenvalue weighted by Crippen LogP contribution is 2.26. The van der Waals surface area contributed by atoms with Gasteiger partial charge in [0.2, 0.25) is 0 Å². The number of aromatic nitrogens is 2. The van der Waals surface area contributed by atoms with Crippen LogP contribution in [0.5, 0.6) is 5.75 Å². The van der Waals surface area contributed by atoms with Crippen LogP contribution in [-0.2, 0) is 0 Å². The molecule has 3 N–H and O–H groups in total. The Hall–Kier alpha value is -2.02. The van der Waals surface area contributed by atoms with E-state index in [2.05, 4.69) is 31.2 Å². The van der Waals surface area contributed by atoms with Crippen molar-refractivity contribution in [3.05, 3.63) is 40.3 Å². The van der Waals surface area contributed by atoms with Gasteiger partial charge in [0.25, 0.3) is 5.91 Å². The summed E-state index contributed by atoms with van der Waals surface area (Å²) in [7, 11) is 0. The first-order valence-electron chi connectivity index (χ1n) is 7.59. The van der Waals surface area contributed by atoms with E-state index in [4.69, 9.17) is 0 Å². The molecule has 3 heterocycles. The van der Waals surface area contributed by atoms with Gasteiger partial charge >= 0.3 is 0 Å². The highest BCUT2D eigenvalue weighted by Gasteiger charge is 2.23. The minimum Gasteiger partial charge on any atom is -0.504 e. The summed E-state index contributed by atoms with van der Waals surface area (Å²) >= 11 is 3.40. The molecule has 0 bridgehead atoms. The number of H-pyrrole nitrogens is 1. The molecule has 2 aromatic heterocycles. The molecule has 0 aliphatic carbocycles. The number of hydrogen-bond acceptors (Lipinski definition) is 4. The first kappa shape index (κ1) is 15.9. The summed E-state index contributed by atoms with van der Waals surface area (Å²) in [4.78, 5) is 21.6. The smallest absolute Gasteiger partial charge is 0.267 e. The second kappa shape index (κ2) is 6.62. The fraction of sp³-hybridized carbons (Fsp3) is 0.375. The average molecular weight is 379 g/mol. The van der Waals surface area contributed by atoms with E-state index in [0.29, 0.717) is 11.5 Å². The number of amides is 1. The first-order valence-corrected chi connectivity index (χ1v) is 8.39. The zero-order chi connectivity index (χ0) is 16.4. The van der Waals surface area contributed by atoms with Crippen molar-refractivity contribution in [2.45, 2.75) is 25.8 Å². The van der Waals surface area contributed by atoms with Crippen molar-refractivity contribution >= 4 is 27.7 Å². The highest BCUT2D eigenvalue weighted by atomic mass is 79.9. The number of aromatic hydroxyl groups is 1. The quantitative estimate of drug-likeness (QED) is 0.766. The van der Waals surface area contributed by atoms with Gasteiger partial charge in [0.1, 0.15) is 5.69 Å². The van der Waals surface area contributed by atoms with Gasteiger partial charge in [-0.05, 0) is 53.9 Å². The van der Waals surface area contributed by atoms with Crippen LogP contribution >= 0.6 is 15.9 Å². The summed E-state index contributed by atoms with van der Waals surface area (Å²) in [5.74, 6) is 0.723. The fourth-order valence-electron chi connectivity index (χ4n) is 2.79. The molecule has 1 amide bonds. The molecular formula is C16H19BrN4O2. The summed E-state index contributed by atoms with van der Waals surface area (Å²) in [6.45, 7) is 3.42. The molecule has 0 atom stereocenters. The minimum atomic E-state index is -0.0852. The third-order valence-electron chi connectivity index (χ3n) is 4.09. The predicted molar refractivity (Wildman–Crippen MR) is 91.8 cm³/mol. The van der Waals surface area contributed by atoms with Crippen LogP contribution in [0, 0.1) is 6.92 Å². The van der Waals surface area contributed by atoms with Crippen molar-refractivity contribution in [2.75, 3.05) is 18.0 Å². The van der Waals surface area contributed by atoms with Gasteiger partial charge in [0, 0.05) is 35.5 Å². The zero-order valence-corrected chi connectivity index (χ0v) is 14.4. The summed E-state index contributed by atoms with van der Waals surface area (Å²) < 4.78 is 0.906. The van der Waals surface area contributed by atoms with Crippen LogP contribution in [0.15, 0.2) is 28.9 Å². The van der Waals surface area contributed by atoms with Gasteiger partial charge in [0.05, 0.1) is 0 Å². The number of rotatable bonds is 3. The number of nitrogens with one attached hydrogen (secondary N) is 2. The number of aromatic amines is 1. The van der Waals surface area contributed by atoms with Crippen LogP contribution in [0.25, 0.3) is 0 Å². The largest absolute Gasteiger partial charge is 0.504 e. The number of pyridine rings is 1. The zero-order valence-electron chi connectivity index (χ0n) is 12.8. The van der Waals surface area contributed by atoms with E-state index < -0.39 is 0 Å². The maximum Gasteiger partial charge on any atom is 0.267 e. The van der Waals surface area contributed by atoms with E-state index in [1.165, 1.54) is 0 Å². The lowest BCUT2D eigenvalue weighted by Crippen LogP contribution is -2.45. The first-order chi connectivity index (χ1) is 11.0. The van der Waals surface area contributed by atoms with Gasteiger partial charge in [-0.3, -0.25) is 4.79 Å². The van der Waals surface area contributed by atoms with Crippen LogP contribution < -0.4 is 10.2 Å². The molecule has 0 unspecified atom stereocenters. The molecule has 1 fully saturated rings. The van der Waals surface area contributed by atoms with Crippen LogP contribution in [0.3, 0.4) is 0 Å². The molecular weight excluding hydrogens is 360 g/mol. The second-order valence-corrected chi connectivity index (χ2v) is 6.59. The van der Waals surface area contributed by atoms with Crippen molar-refractivity contribution in [3.8, 4) is 5.75 Å². The Morgan fingerprint density at radius 2 is 2.22 bits per heavy atom. The minimum absolute atomic E-state index is 0.0852. The summed E-state index contributed by atoms with van der Waals surface area (Å²) in [6.07, 6.45) is 3.32. The van der Waals surface area contributed by atoms with Crippen molar-refractivity contribution in [2.24, 2.45) is 0 Å². The monoisotopic (exact) mass is 378 g/mol. The average Bonchev–Trinajstić information content (AvgIpc) is 2.88. The number of hydrogen-bond donors (Lipinski definition) is 3. The molecule has 0 radical (unpaired) electrons. The molecule has 0 aromatic carbocycles. The molecule has 0 saturated carbocycles. The van der Waals surface area contributed by atoms with Crippen molar-refractivity contribution in [3.63, 3.8) is 0 Å². The Kier molecular flexibility index (Phi) is 4.56. The number of nitrogens with zero attached hydrogens (tertiary/aromatic N) is 2. The Morgan fingerprint density at radius 1 is 1.48 bits per heavy atom. The molecule has 0 spiro atoms. The summed E-state index contributed by atoms with van der Waals surface area (Å²) in [5, 5.41) is 12.9. The van der Waals surface area contributed by atoms with Gasteiger partial charge in [0.15, 0.2) is 11.6 Å². The molecule has 1 aliphatic heterocycles. The van der Waals surface area contributed by atoms with Gasteiger partial charge < -0.3 is 20.3 Å². The predicted octanol–water partition coefficient (Wildman–Crippen LogP) is 2.59. The lowest BCUT2D eigenvalue weighted by Gasteiger charge is -2.33. The van der Waals surface area contributed by atoms with Crippen LogP contribution in [0.2, 0.25) is 0 Å². The number of carbonyl (C=O) groups excluding carboxylic acids is 1.